The molecule has 0 spiro atoms. The van der Waals surface area contributed by atoms with Crippen LogP contribution in [0.3, 0.4) is 0 Å². The Hall–Kier alpha value is -6.08. The van der Waals surface area contributed by atoms with Gasteiger partial charge >= 0.3 is 0 Å². The third-order valence-corrected chi connectivity index (χ3v) is 15.8. The summed E-state index contributed by atoms with van der Waals surface area (Å²) >= 11 is 0. The van der Waals surface area contributed by atoms with Gasteiger partial charge in [0, 0.05) is 62.4 Å². The lowest BCUT2D eigenvalue weighted by Crippen LogP contribution is -2.52. The number of aryl methyl sites for hydroxylation is 1. The second kappa shape index (κ2) is 23.4. The van der Waals surface area contributed by atoms with Crippen LogP contribution < -0.4 is 16.0 Å². The molecule has 3 aromatic heterocycles. The van der Waals surface area contributed by atoms with Crippen molar-refractivity contribution in [2.24, 2.45) is 5.92 Å². The number of nitrogens with one attached hydrogen (secondary N) is 4. The van der Waals surface area contributed by atoms with Crippen LogP contribution >= 0.6 is 0 Å². The van der Waals surface area contributed by atoms with E-state index in [0.717, 1.165) is 104 Å². The zero-order valence-electron chi connectivity index (χ0n) is 44.4. The first kappa shape index (κ1) is 53.7. The average Bonchev–Trinajstić information content (AvgIpc) is 4.12. The van der Waals surface area contributed by atoms with Crippen LogP contribution in [0.5, 0.6) is 0 Å². The number of H-pyrrole nitrogens is 1. The van der Waals surface area contributed by atoms with Gasteiger partial charge in [0.2, 0.25) is 5.91 Å². The highest BCUT2D eigenvalue weighted by Gasteiger charge is 2.47. The molecule has 18 heteroatoms. The molecule has 0 bridgehead atoms. The van der Waals surface area contributed by atoms with Gasteiger partial charge in [0.05, 0.1) is 28.5 Å². The van der Waals surface area contributed by atoms with Crippen molar-refractivity contribution in [1.82, 2.24) is 44.6 Å². The number of unbranched alkanes of at least 4 members (excludes halogenated alkanes) is 6. The highest BCUT2D eigenvalue weighted by Crippen LogP contribution is 2.39. The van der Waals surface area contributed by atoms with Crippen molar-refractivity contribution in [3.8, 4) is 0 Å². The van der Waals surface area contributed by atoms with Crippen molar-refractivity contribution in [1.29, 1.82) is 0 Å². The summed E-state index contributed by atoms with van der Waals surface area (Å²) in [7, 11) is 0. The smallest absolute Gasteiger partial charge is 0.262 e. The van der Waals surface area contributed by atoms with Crippen molar-refractivity contribution < 1.29 is 34.1 Å². The number of piperidine rings is 1. The number of amides is 3. The zero-order chi connectivity index (χ0) is 53.0. The van der Waals surface area contributed by atoms with Crippen LogP contribution in [0.2, 0.25) is 0 Å². The van der Waals surface area contributed by atoms with E-state index in [1.54, 1.807) is 29.1 Å². The van der Waals surface area contributed by atoms with Crippen LogP contribution in [0.25, 0.3) is 22.2 Å². The number of ketones is 1. The fourth-order valence-corrected chi connectivity index (χ4v) is 11.3. The molecule has 2 unspecified atom stereocenters. The zero-order valence-corrected chi connectivity index (χ0v) is 44.4. The number of Topliss-reactive ketones (excluding diaryl/α,β-unsaturated/α-hetero) is 1. The minimum atomic E-state index is -1.16. The lowest BCUT2D eigenvalue weighted by atomic mass is 9.76. The van der Waals surface area contributed by atoms with E-state index in [0.29, 0.717) is 96.9 Å². The Bertz CT molecular complexity index is 2860. The van der Waals surface area contributed by atoms with Gasteiger partial charge < -0.3 is 35.9 Å². The molecule has 2 aromatic carbocycles. The van der Waals surface area contributed by atoms with Crippen LogP contribution in [0.15, 0.2) is 61.3 Å². The molecule has 75 heavy (non-hydrogen) atoms. The molecule has 0 radical (unpaired) electrons. The topological polar surface area (TPSA) is 233 Å². The van der Waals surface area contributed by atoms with Gasteiger partial charge in [0.15, 0.2) is 23.2 Å². The summed E-state index contributed by atoms with van der Waals surface area (Å²) in [4.78, 5) is 76.8. The largest absolute Gasteiger partial charge is 0.387 e. The summed E-state index contributed by atoms with van der Waals surface area (Å²) in [6, 6.07) is 11.5. The summed E-state index contributed by atoms with van der Waals surface area (Å²) in [6.07, 6.45) is 13.0. The van der Waals surface area contributed by atoms with E-state index in [2.05, 4.69) is 100 Å². The lowest BCUT2D eigenvalue weighted by Gasteiger charge is -2.46. The van der Waals surface area contributed by atoms with Crippen LogP contribution in [0, 0.1) is 5.92 Å². The fraction of sp³-hybridized carbons (Fsp3) is 0.579. The number of aliphatic hydroxyl groups excluding tert-OH is 2. The standard InChI is InChI=1S/C57H77N11O7/c1-34(2)66(39-27-36(28-39)18-24-47-64-43-22-19-37(57(4,5)6)29-44(43)65-47)31-46-49(70)50(71)56(75-46)67-33-62-48-51(60-32-61-52(48)67)59-26-14-10-12-16-40(69)15-11-8-7-9-13-25-58-38-20-21-41-42(30-38)55(74)68(54(41)73)45-23-17-35(3)63-53(45)72/h19-22,29-30,32-34,36,39,45-46,49-50,56,58,70-71H,3,7-18,23-28,31H2,1-2,4-6H3,(H,63,72)(H,64,65)(H,59,60,61)/t36?,39?,45?,46-,49?,50+,56-/m1/s1. The number of carbonyl (C=O) groups excluding carboxylic acids is 4. The number of imide groups is 1. The molecule has 6 heterocycles. The lowest BCUT2D eigenvalue weighted by molar-refractivity contribution is -0.125. The van der Waals surface area contributed by atoms with Crippen LogP contribution in [-0.4, -0.2) is 129 Å². The number of nitrogens with zero attached hydrogens (tertiary/aromatic N) is 7. The van der Waals surface area contributed by atoms with Crippen molar-refractivity contribution in [3.63, 3.8) is 0 Å². The molecule has 5 atom stereocenters. The quantitative estimate of drug-likeness (QED) is 0.0240. The SMILES string of the molecule is C=C1CCC(N2C(=O)c3ccc(NCCCCCCCC(=O)CCCCCNc4ncnc5c4ncn5[C@@H]4O[C@H](CN(C(C)C)C5CC(CCc6nc7ccc(C(C)(C)C)cc7[nH]6)C5)C(O)[C@@H]4O)cc3C2=O)C(=O)N1. The molecule has 5 aromatic rings. The number of imidazole rings is 2. The maximum atomic E-state index is 13.2. The number of anilines is 2. The van der Waals surface area contributed by atoms with Crippen molar-refractivity contribution >= 4 is 57.2 Å². The van der Waals surface area contributed by atoms with Crippen LogP contribution in [0.1, 0.15) is 169 Å². The third-order valence-electron chi connectivity index (χ3n) is 15.8. The first-order valence-electron chi connectivity index (χ1n) is 27.5. The Labute approximate surface area is 439 Å². The Balaban J connectivity index is 0.636. The first-order chi connectivity index (χ1) is 36.0. The fourth-order valence-electron chi connectivity index (χ4n) is 11.3. The number of hydrogen-bond donors (Lipinski definition) is 6. The molecular weight excluding hydrogens is 951 g/mol. The molecule has 4 aliphatic rings. The van der Waals surface area contributed by atoms with Gasteiger partial charge in [-0.05, 0) is 119 Å². The Morgan fingerprint density at radius 3 is 2.36 bits per heavy atom. The predicted octanol–water partition coefficient (Wildman–Crippen LogP) is 8.12. The number of aliphatic hydroxyl groups is 2. The van der Waals surface area contributed by atoms with E-state index in [-0.39, 0.29) is 17.4 Å². The molecule has 3 fully saturated rings. The van der Waals surface area contributed by atoms with E-state index in [1.807, 2.05) is 0 Å². The molecule has 3 amide bonds. The highest BCUT2D eigenvalue weighted by atomic mass is 16.6. The molecule has 1 saturated carbocycles. The Morgan fingerprint density at radius 2 is 1.61 bits per heavy atom. The first-order valence-corrected chi connectivity index (χ1v) is 27.5. The maximum absolute atomic E-state index is 13.2. The van der Waals surface area contributed by atoms with Crippen LogP contribution in [0.4, 0.5) is 11.5 Å². The minimum absolute atomic E-state index is 0.0842. The molecular formula is C57H77N11O7. The highest BCUT2D eigenvalue weighted by molar-refractivity contribution is 6.23. The van der Waals surface area contributed by atoms with Gasteiger partial charge in [0.25, 0.3) is 11.8 Å². The van der Waals surface area contributed by atoms with Crippen molar-refractivity contribution in [3.05, 3.63) is 83.8 Å². The maximum Gasteiger partial charge on any atom is 0.262 e. The summed E-state index contributed by atoms with van der Waals surface area (Å²) in [5, 5.41) is 32.0. The van der Waals surface area contributed by atoms with Crippen molar-refractivity contribution in [2.75, 3.05) is 30.3 Å². The number of allylic oxidation sites excluding steroid dienone is 1. The average molecular weight is 1030 g/mol. The third kappa shape index (κ3) is 12.3. The molecule has 6 N–H and O–H groups in total. The van der Waals surface area contributed by atoms with Crippen LogP contribution in [-0.2, 0) is 26.2 Å². The Kier molecular flexibility index (Phi) is 16.8. The number of rotatable bonds is 25. The number of fused-ring (bicyclic) bond motifs is 3. The van der Waals surface area contributed by atoms with Gasteiger partial charge in [-0.15, -0.1) is 0 Å². The van der Waals surface area contributed by atoms with Gasteiger partial charge in [-0.3, -0.25) is 33.5 Å². The van der Waals surface area contributed by atoms with Gasteiger partial charge in [-0.1, -0.05) is 59.1 Å². The molecule has 2 saturated heterocycles. The molecule has 3 aliphatic heterocycles. The summed E-state index contributed by atoms with van der Waals surface area (Å²) in [5.74, 6) is 1.26. The second-order valence-electron chi connectivity index (χ2n) is 22.7. The summed E-state index contributed by atoms with van der Waals surface area (Å²) in [6.45, 7) is 16.7. The van der Waals surface area contributed by atoms with E-state index in [4.69, 9.17) is 9.72 Å². The molecule has 9 rings (SSSR count). The second-order valence-corrected chi connectivity index (χ2v) is 22.7. The van der Waals surface area contributed by atoms with E-state index < -0.39 is 42.4 Å². The molecule has 18 nitrogen and oxygen atoms in total. The van der Waals surface area contributed by atoms with Crippen molar-refractivity contribution in [2.45, 2.75) is 185 Å². The number of aromatic amines is 1. The monoisotopic (exact) mass is 1030 g/mol. The Morgan fingerprint density at radius 1 is 0.893 bits per heavy atom. The number of benzene rings is 2. The number of aromatic nitrogens is 6. The number of hydrogen-bond acceptors (Lipinski definition) is 14. The van der Waals surface area contributed by atoms with Gasteiger partial charge in [-0.25, -0.2) is 19.9 Å². The summed E-state index contributed by atoms with van der Waals surface area (Å²) in [5.41, 5.74) is 6.54. The minimum Gasteiger partial charge on any atom is -0.387 e. The normalized spacial score (nSPS) is 22.9. The van der Waals surface area contributed by atoms with Gasteiger partial charge in [-0.2, -0.15) is 0 Å². The molecule has 1 aliphatic carbocycles. The predicted molar refractivity (Wildman–Crippen MR) is 288 cm³/mol. The van der Waals surface area contributed by atoms with E-state index in [1.165, 1.54) is 11.9 Å². The number of ether oxygens (including phenoxy) is 1. The molecule has 402 valence electrons. The van der Waals surface area contributed by atoms with E-state index >= 15 is 0 Å². The van der Waals surface area contributed by atoms with Gasteiger partial charge in [0.1, 0.15) is 42.3 Å². The van der Waals surface area contributed by atoms with E-state index in [9.17, 15) is 29.4 Å². The summed E-state index contributed by atoms with van der Waals surface area (Å²) < 4.78 is 8.14. The number of carbonyl (C=O) groups is 4.